The average Bonchev–Trinajstić information content (AvgIpc) is 2.44. The van der Waals surface area contributed by atoms with Crippen LogP contribution in [0.3, 0.4) is 0 Å². The third kappa shape index (κ3) is 1.44. The lowest BCUT2D eigenvalue weighted by molar-refractivity contribution is 0.229. The Hall–Kier alpha value is -2.16. The van der Waals surface area contributed by atoms with E-state index in [-0.39, 0.29) is 0 Å². The van der Waals surface area contributed by atoms with E-state index in [9.17, 15) is 0 Å². The molecule has 2 aromatic rings. The summed E-state index contributed by atoms with van der Waals surface area (Å²) in [6.45, 7) is 0.510. The van der Waals surface area contributed by atoms with Crippen LogP contribution >= 0.6 is 0 Å². The van der Waals surface area contributed by atoms with Gasteiger partial charge in [0.1, 0.15) is 18.1 Å². The highest BCUT2D eigenvalue weighted by Crippen LogP contribution is 2.42. The Bertz CT molecular complexity index is 629. The number of methoxy groups -OCH3 is 2. The molecular formula is C15H14O3. The Labute approximate surface area is 106 Å². The average molecular weight is 242 g/mol. The summed E-state index contributed by atoms with van der Waals surface area (Å²) in [6, 6.07) is 8.07. The molecule has 3 heteroatoms. The molecule has 0 N–H and O–H groups in total. The molecule has 0 atom stereocenters. The molecule has 1 aliphatic rings. The molecule has 0 aromatic heterocycles. The van der Waals surface area contributed by atoms with Crippen LogP contribution in [0.4, 0.5) is 0 Å². The van der Waals surface area contributed by atoms with E-state index in [0.717, 1.165) is 33.4 Å². The van der Waals surface area contributed by atoms with Gasteiger partial charge in [-0.15, -0.1) is 0 Å². The Kier molecular flexibility index (Phi) is 2.59. The summed E-state index contributed by atoms with van der Waals surface area (Å²) < 4.78 is 16.5. The highest BCUT2D eigenvalue weighted by Gasteiger charge is 2.21. The van der Waals surface area contributed by atoms with Crippen molar-refractivity contribution < 1.29 is 14.2 Å². The fourth-order valence-electron chi connectivity index (χ4n) is 2.47. The van der Waals surface area contributed by atoms with Gasteiger partial charge in [-0.1, -0.05) is 24.3 Å². The van der Waals surface area contributed by atoms with E-state index in [2.05, 4.69) is 0 Å². The summed E-state index contributed by atoms with van der Waals surface area (Å²) in [4.78, 5) is 0. The first-order valence-corrected chi connectivity index (χ1v) is 5.80. The van der Waals surface area contributed by atoms with Gasteiger partial charge in [0.15, 0.2) is 0 Å². The van der Waals surface area contributed by atoms with Crippen LogP contribution in [-0.4, -0.2) is 14.2 Å². The van der Waals surface area contributed by atoms with Crippen LogP contribution in [0, 0.1) is 0 Å². The van der Waals surface area contributed by atoms with E-state index in [1.165, 1.54) is 0 Å². The van der Waals surface area contributed by atoms with E-state index >= 15 is 0 Å². The zero-order valence-corrected chi connectivity index (χ0v) is 10.4. The van der Waals surface area contributed by atoms with E-state index in [1.807, 2.05) is 30.3 Å². The number of benzene rings is 2. The molecule has 0 spiro atoms. The van der Waals surface area contributed by atoms with Gasteiger partial charge in [0, 0.05) is 21.9 Å². The van der Waals surface area contributed by atoms with Crippen molar-refractivity contribution in [1.29, 1.82) is 0 Å². The second kappa shape index (κ2) is 4.26. The maximum atomic E-state index is 5.56. The van der Waals surface area contributed by atoms with Crippen LogP contribution in [0.5, 0.6) is 11.5 Å². The Morgan fingerprint density at radius 1 is 1.00 bits per heavy atom. The number of ether oxygens (including phenoxy) is 3. The third-order valence-electron chi connectivity index (χ3n) is 3.23. The Morgan fingerprint density at radius 2 is 1.67 bits per heavy atom. The van der Waals surface area contributed by atoms with Crippen LogP contribution < -0.4 is 9.47 Å². The molecule has 0 unspecified atom stereocenters. The van der Waals surface area contributed by atoms with E-state index in [0.29, 0.717) is 6.61 Å². The standard InChI is InChI=1S/C15H14O3/c1-16-14-10-5-3-4-6-11(10)15(17-2)13-9-18-8-7-12(13)14/h3-8H,9H2,1-2H3. The molecule has 3 nitrogen and oxygen atoms in total. The van der Waals surface area contributed by atoms with Gasteiger partial charge in [0.05, 0.1) is 20.5 Å². The first-order valence-electron chi connectivity index (χ1n) is 5.80. The molecule has 1 aliphatic heterocycles. The number of fused-ring (bicyclic) bond motifs is 2. The molecule has 18 heavy (non-hydrogen) atoms. The van der Waals surface area contributed by atoms with Gasteiger partial charge >= 0.3 is 0 Å². The lowest BCUT2D eigenvalue weighted by Crippen LogP contribution is -2.04. The Morgan fingerprint density at radius 3 is 2.33 bits per heavy atom. The molecule has 0 saturated carbocycles. The minimum atomic E-state index is 0.510. The van der Waals surface area contributed by atoms with Gasteiger partial charge in [-0.05, 0) is 6.08 Å². The maximum Gasteiger partial charge on any atom is 0.134 e. The fourth-order valence-corrected chi connectivity index (χ4v) is 2.47. The van der Waals surface area contributed by atoms with Crippen molar-refractivity contribution in [2.45, 2.75) is 6.61 Å². The van der Waals surface area contributed by atoms with Gasteiger partial charge in [-0.2, -0.15) is 0 Å². The monoisotopic (exact) mass is 242 g/mol. The Balaban J connectivity index is 2.47. The molecular weight excluding hydrogens is 228 g/mol. The van der Waals surface area contributed by atoms with Crippen molar-refractivity contribution in [3.05, 3.63) is 41.7 Å². The number of hydrogen-bond acceptors (Lipinski definition) is 3. The van der Waals surface area contributed by atoms with Crippen molar-refractivity contribution in [2.75, 3.05) is 14.2 Å². The van der Waals surface area contributed by atoms with Crippen LogP contribution in [0.2, 0.25) is 0 Å². The van der Waals surface area contributed by atoms with Crippen molar-refractivity contribution in [3.8, 4) is 11.5 Å². The summed E-state index contributed by atoms with van der Waals surface area (Å²) in [5.41, 5.74) is 2.08. The van der Waals surface area contributed by atoms with Gasteiger partial charge in [-0.25, -0.2) is 0 Å². The van der Waals surface area contributed by atoms with Crippen LogP contribution in [-0.2, 0) is 11.3 Å². The second-order valence-corrected chi connectivity index (χ2v) is 4.12. The molecule has 0 aliphatic carbocycles. The van der Waals surface area contributed by atoms with Gasteiger partial charge in [0.2, 0.25) is 0 Å². The lowest BCUT2D eigenvalue weighted by Gasteiger charge is -2.21. The normalized spacial score (nSPS) is 13.0. The summed E-state index contributed by atoms with van der Waals surface area (Å²) in [5, 5.41) is 2.11. The first-order chi connectivity index (χ1) is 8.86. The fraction of sp³-hybridized carbons (Fsp3) is 0.200. The van der Waals surface area contributed by atoms with Gasteiger partial charge in [-0.3, -0.25) is 0 Å². The SMILES string of the molecule is COc1c2c(c(OC)c3ccccc13)COC=C2. The van der Waals surface area contributed by atoms with Crippen molar-refractivity contribution in [2.24, 2.45) is 0 Å². The zero-order chi connectivity index (χ0) is 12.5. The zero-order valence-electron chi connectivity index (χ0n) is 10.4. The molecule has 0 radical (unpaired) electrons. The minimum absolute atomic E-state index is 0.510. The van der Waals surface area contributed by atoms with E-state index < -0.39 is 0 Å². The molecule has 3 rings (SSSR count). The van der Waals surface area contributed by atoms with Crippen LogP contribution in [0.1, 0.15) is 11.1 Å². The molecule has 0 amide bonds. The smallest absolute Gasteiger partial charge is 0.134 e. The van der Waals surface area contributed by atoms with Gasteiger partial charge < -0.3 is 14.2 Å². The third-order valence-corrected chi connectivity index (χ3v) is 3.23. The molecule has 92 valence electrons. The molecule has 1 heterocycles. The molecule has 0 fully saturated rings. The minimum Gasteiger partial charge on any atom is -0.496 e. The summed E-state index contributed by atoms with van der Waals surface area (Å²) in [7, 11) is 3.38. The summed E-state index contributed by atoms with van der Waals surface area (Å²) in [6.07, 6.45) is 3.62. The largest absolute Gasteiger partial charge is 0.496 e. The summed E-state index contributed by atoms with van der Waals surface area (Å²) >= 11 is 0. The number of hydrogen-bond donors (Lipinski definition) is 0. The molecule has 0 bridgehead atoms. The molecule has 0 saturated heterocycles. The highest BCUT2D eigenvalue weighted by molar-refractivity contribution is 5.98. The first kappa shape index (κ1) is 11.0. The van der Waals surface area contributed by atoms with Crippen LogP contribution in [0.15, 0.2) is 30.5 Å². The predicted molar refractivity (Wildman–Crippen MR) is 70.9 cm³/mol. The highest BCUT2D eigenvalue weighted by atomic mass is 16.5. The van der Waals surface area contributed by atoms with E-state index in [4.69, 9.17) is 14.2 Å². The number of rotatable bonds is 2. The van der Waals surface area contributed by atoms with Crippen molar-refractivity contribution in [3.63, 3.8) is 0 Å². The maximum absolute atomic E-state index is 5.56. The molecule has 2 aromatic carbocycles. The van der Waals surface area contributed by atoms with Crippen molar-refractivity contribution in [1.82, 2.24) is 0 Å². The quantitative estimate of drug-likeness (QED) is 0.808. The predicted octanol–water partition coefficient (Wildman–Crippen LogP) is 3.36. The van der Waals surface area contributed by atoms with E-state index in [1.54, 1.807) is 20.5 Å². The van der Waals surface area contributed by atoms with Crippen LogP contribution in [0.25, 0.3) is 16.8 Å². The van der Waals surface area contributed by atoms with Gasteiger partial charge in [0.25, 0.3) is 0 Å². The second-order valence-electron chi connectivity index (χ2n) is 4.12. The van der Waals surface area contributed by atoms with Crippen molar-refractivity contribution >= 4 is 16.8 Å². The lowest BCUT2D eigenvalue weighted by atomic mass is 9.97. The topological polar surface area (TPSA) is 27.7 Å². The summed E-state index contributed by atoms with van der Waals surface area (Å²) in [5.74, 6) is 1.74.